The summed E-state index contributed by atoms with van der Waals surface area (Å²) in [6.45, 7) is 4.56. The predicted octanol–water partition coefficient (Wildman–Crippen LogP) is 0.761. The van der Waals surface area contributed by atoms with Crippen LogP contribution in [0.4, 0.5) is 11.9 Å². The van der Waals surface area contributed by atoms with Gasteiger partial charge in [-0.25, -0.2) is 0 Å². The molecule has 0 aliphatic rings. The van der Waals surface area contributed by atoms with Crippen LogP contribution in [0.25, 0.3) is 0 Å². The van der Waals surface area contributed by atoms with Crippen molar-refractivity contribution in [1.29, 1.82) is 0 Å². The second kappa shape index (κ2) is 5.30. The van der Waals surface area contributed by atoms with Crippen LogP contribution >= 0.6 is 0 Å². The number of ether oxygens (including phenoxy) is 1. The van der Waals surface area contributed by atoms with Crippen LogP contribution < -0.4 is 15.8 Å². The molecule has 18 heavy (non-hydrogen) atoms. The van der Waals surface area contributed by atoms with E-state index in [1.807, 2.05) is 19.9 Å². The first-order valence-corrected chi connectivity index (χ1v) is 5.47. The topological polar surface area (TPSA) is 112 Å². The largest absolute Gasteiger partial charge is 0.464 e. The van der Waals surface area contributed by atoms with E-state index in [-0.39, 0.29) is 12.0 Å². The highest BCUT2D eigenvalue weighted by Crippen LogP contribution is 2.10. The fraction of sp³-hybridized carbons (Fsp3) is 0.400. The quantitative estimate of drug-likeness (QED) is 0.799. The summed E-state index contributed by atoms with van der Waals surface area (Å²) in [5.74, 6) is 1.19. The molecule has 0 atom stereocenters. The van der Waals surface area contributed by atoms with Crippen LogP contribution in [0.15, 0.2) is 10.6 Å². The number of aryl methyl sites for hydroxylation is 1. The second-order valence-corrected chi connectivity index (χ2v) is 3.52. The lowest BCUT2D eigenvalue weighted by Crippen LogP contribution is -2.09. The average molecular weight is 250 g/mol. The van der Waals surface area contributed by atoms with Crippen LogP contribution in [0.5, 0.6) is 6.01 Å². The Labute approximate surface area is 104 Å². The van der Waals surface area contributed by atoms with Gasteiger partial charge in [0.1, 0.15) is 11.5 Å². The van der Waals surface area contributed by atoms with Gasteiger partial charge in [0.2, 0.25) is 11.9 Å². The summed E-state index contributed by atoms with van der Waals surface area (Å²) < 4.78 is 10.1. The van der Waals surface area contributed by atoms with Crippen molar-refractivity contribution >= 4 is 11.9 Å². The molecule has 3 N–H and O–H groups in total. The summed E-state index contributed by atoms with van der Waals surface area (Å²) in [5, 5.41) is 6.81. The summed E-state index contributed by atoms with van der Waals surface area (Å²) >= 11 is 0. The molecule has 0 aliphatic carbocycles. The lowest BCUT2D eigenvalue weighted by Gasteiger charge is -2.05. The molecular weight excluding hydrogens is 236 g/mol. The van der Waals surface area contributed by atoms with E-state index in [1.165, 1.54) is 0 Å². The Morgan fingerprint density at radius 1 is 1.39 bits per heavy atom. The van der Waals surface area contributed by atoms with E-state index in [9.17, 15) is 0 Å². The molecule has 0 bridgehead atoms. The zero-order valence-corrected chi connectivity index (χ0v) is 10.2. The molecule has 2 aromatic heterocycles. The molecule has 0 aliphatic heterocycles. The van der Waals surface area contributed by atoms with E-state index in [2.05, 4.69) is 25.4 Å². The van der Waals surface area contributed by atoms with Crippen LogP contribution in [0.2, 0.25) is 0 Å². The fourth-order valence-corrected chi connectivity index (χ4v) is 1.32. The van der Waals surface area contributed by atoms with Crippen LogP contribution in [0.1, 0.15) is 18.4 Å². The van der Waals surface area contributed by atoms with E-state index >= 15 is 0 Å². The first-order chi connectivity index (χ1) is 8.67. The molecule has 0 saturated carbocycles. The lowest BCUT2D eigenvalue weighted by atomic mass is 10.4. The average Bonchev–Trinajstić information content (AvgIpc) is 2.72. The first kappa shape index (κ1) is 12.1. The Morgan fingerprint density at radius 2 is 2.22 bits per heavy atom. The maximum Gasteiger partial charge on any atom is 0.323 e. The summed E-state index contributed by atoms with van der Waals surface area (Å²) in [5.41, 5.74) is 6.30. The van der Waals surface area contributed by atoms with Gasteiger partial charge in [0.15, 0.2) is 0 Å². The summed E-state index contributed by atoms with van der Waals surface area (Å²) in [6.07, 6.45) is 0. The van der Waals surface area contributed by atoms with Crippen molar-refractivity contribution in [3.63, 3.8) is 0 Å². The Hall–Kier alpha value is -2.38. The molecule has 0 unspecified atom stereocenters. The molecule has 0 aromatic carbocycles. The number of hydrogen-bond donors (Lipinski definition) is 2. The van der Waals surface area contributed by atoms with Crippen molar-refractivity contribution in [1.82, 2.24) is 20.1 Å². The number of rotatable bonds is 5. The van der Waals surface area contributed by atoms with Crippen molar-refractivity contribution in [3.8, 4) is 6.01 Å². The van der Waals surface area contributed by atoms with E-state index < -0.39 is 0 Å². The maximum absolute atomic E-state index is 5.55. The van der Waals surface area contributed by atoms with E-state index in [1.54, 1.807) is 0 Å². The normalized spacial score (nSPS) is 10.3. The highest BCUT2D eigenvalue weighted by Gasteiger charge is 2.06. The molecule has 0 fully saturated rings. The van der Waals surface area contributed by atoms with Gasteiger partial charge in [-0.3, -0.25) is 0 Å². The Bertz CT molecular complexity index is 527. The van der Waals surface area contributed by atoms with Crippen LogP contribution in [0.3, 0.4) is 0 Å². The summed E-state index contributed by atoms with van der Waals surface area (Å²) in [7, 11) is 0. The van der Waals surface area contributed by atoms with Gasteiger partial charge < -0.3 is 20.3 Å². The number of nitrogens with zero attached hydrogens (tertiary/aromatic N) is 4. The molecule has 2 heterocycles. The highest BCUT2D eigenvalue weighted by atomic mass is 16.5. The Balaban J connectivity index is 2.04. The van der Waals surface area contributed by atoms with Crippen molar-refractivity contribution in [2.45, 2.75) is 20.4 Å². The van der Waals surface area contributed by atoms with Gasteiger partial charge >= 0.3 is 6.01 Å². The third kappa shape index (κ3) is 3.06. The molecule has 0 amide bonds. The zero-order valence-electron chi connectivity index (χ0n) is 10.2. The minimum absolute atomic E-state index is 0.104. The monoisotopic (exact) mass is 250 g/mol. The van der Waals surface area contributed by atoms with Crippen molar-refractivity contribution in [2.75, 3.05) is 17.7 Å². The van der Waals surface area contributed by atoms with Gasteiger partial charge in [-0.15, -0.1) is 0 Å². The maximum atomic E-state index is 5.55. The first-order valence-electron chi connectivity index (χ1n) is 5.47. The zero-order chi connectivity index (χ0) is 13.0. The molecular formula is C10H14N6O2. The van der Waals surface area contributed by atoms with Gasteiger partial charge in [0, 0.05) is 6.07 Å². The lowest BCUT2D eigenvalue weighted by molar-refractivity contribution is 0.312. The fourth-order valence-electron chi connectivity index (χ4n) is 1.32. The van der Waals surface area contributed by atoms with Crippen LogP contribution in [0, 0.1) is 6.92 Å². The molecule has 2 aromatic rings. The Morgan fingerprint density at radius 3 is 2.89 bits per heavy atom. The third-order valence-corrected chi connectivity index (χ3v) is 2.01. The van der Waals surface area contributed by atoms with Gasteiger partial charge in [-0.05, 0) is 13.8 Å². The standard InChI is InChI=1S/C10H14N6O2/c1-3-17-10-14-8(11)13-9(15-10)12-5-7-4-6(2)18-16-7/h4H,3,5H2,1-2H3,(H3,11,12,13,14,15). The van der Waals surface area contributed by atoms with Crippen molar-refractivity contribution in [3.05, 3.63) is 17.5 Å². The second-order valence-electron chi connectivity index (χ2n) is 3.52. The molecule has 0 radical (unpaired) electrons. The van der Waals surface area contributed by atoms with Gasteiger partial charge in [-0.1, -0.05) is 5.16 Å². The molecule has 8 heteroatoms. The number of aromatic nitrogens is 4. The number of anilines is 2. The van der Waals surface area contributed by atoms with Crippen LogP contribution in [-0.2, 0) is 6.54 Å². The number of nitrogens with one attached hydrogen (secondary N) is 1. The van der Waals surface area contributed by atoms with Gasteiger partial charge in [0.05, 0.1) is 13.2 Å². The number of nitrogen functional groups attached to an aromatic ring is 1. The van der Waals surface area contributed by atoms with E-state index in [0.29, 0.717) is 19.1 Å². The molecule has 2 rings (SSSR count). The molecule has 0 spiro atoms. The highest BCUT2D eigenvalue weighted by molar-refractivity contribution is 5.33. The smallest absolute Gasteiger partial charge is 0.323 e. The van der Waals surface area contributed by atoms with Crippen LogP contribution in [-0.4, -0.2) is 26.7 Å². The summed E-state index contributed by atoms with van der Waals surface area (Å²) in [6, 6.07) is 2.02. The SMILES string of the molecule is CCOc1nc(N)nc(NCc2cc(C)on2)n1. The number of nitrogens with two attached hydrogens (primary N) is 1. The number of hydrogen-bond acceptors (Lipinski definition) is 8. The van der Waals surface area contributed by atoms with Crippen molar-refractivity contribution < 1.29 is 9.26 Å². The third-order valence-electron chi connectivity index (χ3n) is 2.01. The molecule has 8 nitrogen and oxygen atoms in total. The van der Waals surface area contributed by atoms with E-state index in [0.717, 1.165) is 11.5 Å². The molecule has 96 valence electrons. The van der Waals surface area contributed by atoms with E-state index in [4.69, 9.17) is 15.0 Å². The van der Waals surface area contributed by atoms with Gasteiger partial charge in [-0.2, -0.15) is 15.0 Å². The van der Waals surface area contributed by atoms with Gasteiger partial charge in [0.25, 0.3) is 0 Å². The predicted molar refractivity (Wildman–Crippen MR) is 64.0 cm³/mol. The minimum atomic E-state index is 0.104. The Kier molecular flexibility index (Phi) is 3.56. The van der Waals surface area contributed by atoms with Crippen molar-refractivity contribution in [2.24, 2.45) is 0 Å². The summed E-state index contributed by atoms with van der Waals surface area (Å²) in [4.78, 5) is 11.8. The minimum Gasteiger partial charge on any atom is -0.464 e. The molecule has 0 saturated heterocycles.